The Morgan fingerprint density at radius 3 is 2.20 bits per heavy atom. The highest BCUT2D eigenvalue weighted by atomic mass is 16.1. The fourth-order valence-corrected chi connectivity index (χ4v) is 1.38. The van der Waals surface area contributed by atoms with Gasteiger partial charge in [-0.3, -0.25) is 9.69 Å². The van der Waals surface area contributed by atoms with Crippen LogP contribution in [0, 0.1) is 0 Å². The Balaban J connectivity index is 2.83. The van der Waals surface area contributed by atoms with E-state index in [0.717, 1.165) is 12.0 Å². The van der Waals surface area contributed by atoms with E-state index in [9.17, 15) is 4.79 Å². The van der Waals surface area contributed by atoms with Crippen molar-refractivity contribution in [2.24, 2.45) is 0 Å². The summed E-state index contributed by atoms with van der Waals surface area (Å²) in [6.07, 6.45) is 1.01. The first-order valence-corrected chi connectivity index (χ1v) is 5.35. The largest absolute Gasteiger partial charge is 0.300 e. The van der Waals surface area contributed by atoms with Crippen molar-refractivity contribution in [1.29, 1.82) is 0 Å². The van der Waals surface area contributed by atoms with Gasteiger partial charge in [0.1, 0.15) is 0 Å². The zero-order valence-corrected chi connectivity index (χ0v) is 9.95. The van der Waals surface area contributed by atoms with Crippen molar-refractivity contribution in [2.45, 2.75) is 26.3 Å². The molecular formula is C13H19NO. The minimum atomic E-state index is -0.0579. The second-order valence-corrected chi connectivity index (χ2v) is 4.05. The van der Waals surface area contributed by atoms with Crippen molar-refractivity contribution in [1.82, 2.24) is 4.90 Å². The molecule has 0 spiro atoms. The fraction of sp³-hybridized carbons (Fsp3) is 0.462. The number of carbonyl (C=O) groups excluding carboxylic acids is 1. The van der Waals surface area contributed by atoms with Crippen LogP contribution in [-0.2, 0) is 6.42 Å². The normalized spacial score (nSPS) is 12.9. The summed E-state index contributed by atoms with van der Waals surface area (Å²) >= 11 is 0. The van der Waals surface area contributed by atoms with Crippen LogP contribution in [0.5, 0.6) is 0 Å². The number of Topliss-reactive ketones (excluding diaryl/α,β-unsaturated/α-hetero) is 1. The van der Waals surface area contributed by atoms with Crippen LogP contribution in [0.3, 0.4) is 0 Å². The van der Waals surface area contributed by atoms with Crippen molar-refractivity contribution in [2.75, 3.05) is 14.1 Å². The van der Waals surface area contributed by atoms with Gasteiger partial charge in [0.15, 0.2) is 5.78 Å². The van der Waals surface area contributed by atoms with Gasteiger partial charge in [0.2, 0.25) is 0 Å². The minimum absolute atomic E-state index is 0.0579. The summed E-state index contributed by atoms with van der Waals surface area (Å²) in [7, 11) is 3.84. The highest BCUT2D eigenvalue weighted by molar-refractivity contribution is 5.99. The van der Waals surface area contributed by atoms with Gasteiger partial charge < -0.3 is 0 Å². The number of hydrogen-bond acceptors (Lipinski definition) is 2. The molecule has 0 heterocycles. The van der Waals surface area contributed by atoms with Crippen LogP contribution < -0.4 is 0 Å². The van der Waals surface area contributed by atoms with E-state index in [2.05, 4.69) is 6.92 Å². The van der Waals surface area contributed by atoms with Gasteiger partial charge in [-0.2, -0.15) is 0 Å². The fourth-order valence-electron chi connectivity index (χ4n) is 1.38. The highest BCUT2D eigenvalue weighted by Crippen LogP contribution is 2.09. The number of ketones is 1. The average Bonchev–Trinajstić information content (AvgIpc) is 2.27. The Bertz CT molecular complexity index is 327. The molecule has 1 aromatic carbocycles. The second kappa shape index (κ2) is 5.08. The van der Waals surface area contributed by atoms with Gasteiger partial charge >= 0.3 is 0 Å². The monoisotopic (exact) mass is 205 g/mol. The first-order chi connectivity index (χ1) is 7.06. The molecule has 0 aromatic heterocycles. The van der Waals surface area contributed by atoms with E-state index in [-0.39, 0.29) is 11.8 Å². The van der Waals surface area contributed by atoms with Gasteiger partial charge in [0.25, 0.3) is 0 Å². The zero-order valence-electron chi connectivity index (χ0n) is 9.95. The summed E-state index contributed by atoms with van der Waals surface area (Å²) in [5.74, 6) is 0.183. The lowest BCUT2D eigenvalue weighted by Crippen LogP contribution is -2.32. The molecule has 0 saturated carbocycles. The molecule has 0 unspecified atom stereocenters. The van der Waals surface area contributed by atoms with E-state index in [4.69, 9.17) is 0 Å². The predicted octanol–water partition coefficient (Wildman–Crippen LogP) is 2.38. The van der Waals surface area contributed by atoms with E-state index in [1.54, 1.807) is 0 Å². The molecule has 1 atom stereocenters. The molecule has 0 bridgehead atoms. The van der Waals surface area contributed by atoms with E-state index in [1.807, 2.05) is 50.2 Å². The molecule has 2 heteroatoms. The molecule has 0 amide bonds. The third-order valence-corrected chi connectivity index (χ3v) is 2.80. The molecule has 15 heavy (non-hydrogen) atoms. The molecule has 82 valence electrons. The van der Waals surface area contributed by atoms with E-state index in [1.165, 1.54) is 5.56 Å². The number of nitrogens with zero attached hydrogens (tertiary/aromatic N) is 1. The molecule has 0 fully saturated rings. The number of benzene rings is 1. The first kappa shape index (κ1) is 11.9. The molecular weight excluding hydrogens is 186 g/mol. The number of aryl methyl sites for hydroxylation is 1. The highest BCUT2D eigenvalue weighted by Gasteiger charge is 2.16. The van der Waals surface area contributed by atoms with E-state index in [0.29, 0.717) is 0 Å². The van der Waals surface area contributed by atoms with Crippen LogP contribution in [0.15, 0.2) is 24.3 Å². The summed E-state index contributed by atoms with van der Waals surface area (Å²) in [5, 5.41) is 0. The molecule has 1 rings (SSSR count). The van der Waals surface area contributed by atoms with Crippen LogP contribution in [0.4, 0.5) is 0 Å². The summed E-state index contributed by atoms with van der Waals surface area (Å²) in [6, 6.07) is 7.82. The molecule has 0 saturated heterocycles. The van der Waals surface area contributed by atoms with Crippen molar-refractivity contribution in [3.63, 3.8) is 0 Å². The second-order valence-electron chi connectivity index (χ2n) is 4.05. The molecule has 0 aliphatic carbocycles. The van der Waals surface area contributed by atoms with Gasteiger partial charge in [-0.25, -0.2) is 0 Å². The molecule has 0 aliphatic heterocycles. The van der Waals surface area contributed by atoms with E-state index < -0.39 is 0 Å². The maximum Gasteiger partial charge on any atom is 0.179 e. The van der Waals surface area contributed by atoms with Gasteiger partial charge in [0.05, 0.1) is 6.04 Å². The number of likely N-dealkylation sites (N-methyl/N-ethyl adjacent to an activating group) is 1. The Morgan fingerprint density at radius 1 is 1.27 bits per heavy atom. The summed E-state index contributed by atoms with van der Waals surface area (Å²) in [4.78, 5) is 13.9. The topological polar surface area (TPSA) is 20.3 Å². The Labute approximate surface area is 91.9 Å². The molecule has 0 aliphatic rings. The zero-order chi connectivity index (χ0) is 11.4. The maximum atomic E-state index is 11.9. The predicted molar refractivity (Wildman–Crippen MR) is 63.3 cm³/mol. The summed E-state index contributed by atoms with van der Waals surface area (Å²) < 4.78 is 0. The van der Waals surface area contributed by atoms with Crippen molar-refractivity contribution < 1.29 is 4.79 Å². The molecule has 0 N–H and O–H groups in total. The maximum absolute atomic E-state index is 11.9. The lowest BCUT2D eigenvalue weighted by molar-refractivity contribution is 0.0890. The Hall–Kier alpha value is -1.15. The first-order valence-electron chi connectivity index (χ1n) is 5.35. The van der Waals surface area contributed by atoms with Crippen LogP contribution in [0.2, 0.25) is 0 Å². The van der Waals surface area contributed by atoms with Crippen LogP contribution in [0.1, 0.15) is 29.8 Å². The van der Waals surface area contributed by atoms with Crippen molar-refractivity contribution in [3.8, 4) is 0 Å². The quantitative estimate of drug-likeness (QED) is 0.703. The number of rotatable bonds is 4. The molecule has 2 nitrogen and oxygen atoms in total. The van der Waals surface area contributed by atoms with Gasteiger partial charge in [-0.15, -0.1) is 0 Å². The van der Waals surface area contributed by atoms with Crippen LogP contribution in [0.25, 0.3) is 0 Å². The van der Waals surface area contributed by atoms with Crippen LogP contribution >= 0.6 is 0 Å². The van der Waals surface area contributed by atoms with Crippen molar-refractivity contribution >= 4 is 5.78 Å². The lowest BCUT2D eigenvalue weighted by Gasteiger charge is -2.18. The summed E-state index contributed by atoms with van der Waals surface area (Å²) in [6.45, 7) is 4.04. The van der Waals surface area contributed by atoms with Gasteiger partial charge in [-0.1, -0.05) is 31.2 Å². The number of carbonyl (C=O) groups is 1. The molecule has 0 radical (unpaired) electrons. The smallest absolute Gasteiger partial charge is 0.179 e. The van der Waals surface area contributed by atoms with Crippen molar-refractivity contribution in [3.05, 3.63) is 35.4 Å². The third-order valence-electron chi connectivity index (χ3n) is 2.80. The average molecular weight is 205 g/mol. The van der Waals surface area contributed by atoms with Gasteiger partial charge in [-0.05, 0) is 33.0 Å². The minimum Gasteiger partial charge on any atom is -0.300 e. The van der Waals surface area contributed by atoms with Gasteiger partial charge in [0, 0.05) is 5.56 Å². The Morgan fingerprint density at radius 2 is 1.80 bits per heavy atom. The summed E-state index contributed by atoms with van der Waals surface area (Å²) in [5.41, 5.74) is 2.07. The van der Waals surface area contributed by atoms with Crippen LogP contribution in [-0.4, -0.2) is 30.8 Å². The lowest BCUT2D eigenvalue weighted by atomic mass is 10.0. The SMILES string of the molecule is CCc1ccc(C(=O)[C@H](C)N(C)C)cc1. The molecule has 1 aromatic rings. The van der Waals surface area contributed by atoms with E-state index >= 15 is 0 Å². The standard InChI is InChI=1S/C13H19NO/c1-5-11-6-8-12(9-7-11)13(15)10(2)14(3)4/h6-10H,5H2,1-4H3/t10-/m0/s1. The Kier molecular flexibility index (Phi) is 4.04. The number of hydrogen-bond donors (Lipinski definition) is 0. The third kappa shape index (κ3) is 2.90.